The highest BCUT2D eigenvalue weighted by atomic mass is 32.2. The fraction of sp³-hybridized carbons (Fsp3) is 0.571. The third kappa shape index (κ3) is 5.19. The SMILES string of the molecule is COc1ccc(Cc2nnc(SCC(=O)N[C@@H]3CCC[C@@H](C)[C@@H]3C)n2N)cc1OC. The van der Waals surface area contributed by atoms with Gasteiger partial charge in [-0.05, 0) is 36.0 Å². The van der Waals surface area contributed by atoms with Crippen molar-refractivity contribution in [2.45, 2.75) is 50.7 Å². The monoisotopic (exact) mass is 433 g/mol. The molecule has 1 saturated carbocycles. The highest BCUT2D eigenvalue weighted by Crippen LogP contribution is 2.30. The third-order valence-corrected chi connectivity index (χ3v) is 6.87. The lowest BCUT2D eigenvalue weighted by Gasteiger charge is -2.34. The lowest BCUT2D eigenvalue weighted by atomic mass is 9.78. The zero-order valence-corrected chi connectivity index (χ0v) is 18.9. The van der Waals surface area contributed by atoms with Gasteiger partial charge in [-0.3, -0.25) is 4.79 Å². The van der Waals surface area contributed by atoms with E-state index in [1.54, 1.807) is 14.2 Å². The fourth-order valence-electron chi connectivity index (χ4n) is 3.86. The van der Waals surface area contributed by atoms with Gasteiger partial charge in [-0.15, -0.1) is 10.2 Å². The van der Waals surface area contributed by atoms with E-state index in [4.69, 9.17) is 15.3 Å². The summed E-state index contributed by atoms with van der Waals surface area (Å²) in [6, 6.07) is 5.92. The number of nitrogens with two attached hydrogens (primary N) is 1. The number of hydrogen-bond donors (Lipinski definition) is 2. The van der Waals surface area contributed by atoms with Gasteiger partial charge in [0.1, 0.15) is 0 Å². The lowest BCUT2D eigenvalue weighted by molar-refractivity contribution is -0.120. The third-order valence-electron chi connectivity index (χ3n) is 5.93. The van der Waals surface area contributed by atoms with Crippen molar-refractivity contribution in [1.82, 2.24) is 20.2 Å². The Hall–Kier alpha value is -2.42. The van der Waals surface area contributed by atoms with Crippen LogP contribution >= 0.6 is 11.8 Å². The van der Waals surface area contributed by atoms with Crippen LogP contribution in [-0.4, -0.2) is 46.8 Å². The number of methoxy groups -OCH3 is 2. The molecular weight excluding hydrogens is 402 g/mol. The predicted octanol–water partition coefficient (Wildman–Crippen LogP) is 2.63. The molecular formula is C21H31N5O3S. The summed E-state index contributed by atoms with van der Waals surface area (Å²) in [5, 5.41) is 12.0. The van der Waals surface area contributed by atoms with Gasteiger partial charge in [0.05, 0.1) is 20.0 Å². The van der Waals surface area contributed by atoms with Crippen molar-refractivity contribution < 1.29 is 14.3 Å². The number of rotatable bonds is 8. The number of hydrogen-bond acceptors (Lipinski definition) is 7. The van der Waals surface area contributed by atoms with E-state index in [0.29, 0.717) is 40.7 Å². The Balaban J connectivity index is 1.57. The van der Waals surface area contributed by atoms with Crippen LogP contribution in [0, 0.1) is 11.8 Å². The average molecular weight is 434 g/mol. The van der Waals surface area contributed by atoms with E-state index < -0.39 is 0 Å². The summed E-state index contributed by atoms with van der Waals surface area (Å²) < 4.78 is 12.1. The molecule has 3 rings (SSSR count). The molecule has 3 N–H and O–H groups in total. The number of nitrogens with zero attached hydrogens (tertiary/aromatic N) is 3. The summed E-state index contributed by atoms with van der Waals surface area (Å²) in [4.78, 5) is 12.4. The molecule has 0 bridgehead atoms. The molecule has 30 heavy (non-hydrogen) atoms. The molecule has 0 radical (unpaired) electrons. The predicted molar refractivity (Wildman–Crippen MR) is 117 cm³/mol. The van der Waals surface area contributed by atoms with Crippen molar-refractivity contribution in [3.63, 3.8) is 0 Å². The summed E-state index contributed by atoms with van der Waals surface area (Å²) in [6.07, 6.45) is 3.94. The molecule has 0 saturated heterocycles. The smallest absolute Gasteiger partial charge is 0.230 e. The van der Waals surface area contributed by atoms with E-state index in [9.17, 15) is 4.79 Å². The van der Waals surface area contributed by atoms with Gasteiger partial charge in [-0.25, -0.2) is 4.68 Å². The first-order valence-electron chi connectivity index (χ1n) is 10.2. The first-order chi connectivity index (χ1) is 14.4. The van der Waals surface area contributed by atoms with Crippen LogP contribution in [0.1, 0.15) is 44.5 Å². The maximum Gasteiger partial charge on any atom is 0.230 e. The number of aromatic nitrogens is 3. The Morgan fingerprint density at radius 1 is 1.23 bits per heavy atom. The van der Waals surface area contributed by atoms with Gasteiger partial charge in [-0.2, -0.15) is 0 Å². The molecule has 1 heterocycles. The van der Waals surface area contributed by atoms with E-state index in [1.165, 1.54) is 29.3 Å². The maximum atomic E-state index is 12.4. The van der Waals surface area contributed by atoms with Crippen LogP contribution in [0.15, 0.2) is 23.4 Å². The molecule has 164 valence electrons. The summed E-state index contributed by atoms with van der Waals surface area (Å²) in [5.74, 6) is 9.51. The lowest BCUT2D eigenvalue weighted by Crippen LogP contribution is -2.44. The molecule has 1 amide bonds. The van der Waals surface area contributed by atoms with Crippen molar-refractivity contribution in [2.24, 2.45) is 11.8 Å². The van der Waals surface area contributed by atoms with E-state index >= 15 is 0 Å². The Bertz CT molecular complexity index is 872. The number of nitrogens with one attached hydrogen (secondary N) is 1. The van der Waals surface area contributed by atoms with Crippen LogP contribution in [0.5, 0.6) is 11.5 Å². The number of amides is 1. The molecule has 1 aliphatic rings. The standard InChI is InChI=1S/C21H31N5O3S/c1-13-6-5-7-16(14(13)2)23-20(27)12-30-21-25-24-19(26(21)22)11-15-8-9-17(28-3)18(10-15)29-4/h8-10,13-14,16H,5-7,11-12,22H2,1-4H3,(H,23,27)/t13-,14+,16-/m1/s1. The Morgan fingerprint density at radius 3 is 2.73 bits per heavy atom. The molecule has 1 aromatic carbocycles. The van der Waals surface area contributed by atoms with Crippen LogP contribution in [0.4, 0.5) is 0 Å². The van der Waals surface area contributed by atoms with E-state index in [2.05, 4.69) is 29.4 Å². The number of carbonyl (C=O) groups excluding carboxylic acids is 1. The zero-order valence-electron chi connectivity index (χ0n) is 18.1. The molecule has 0 unspecified atom stereocenters. The minimum Gasteiger partial charge on any atom is -0.493 e. The highest BCUT2D eigenvalue weighted by Gasteiger charge is 2.28. The molecule has 0 aliphatic heterocycles. The first kappa shape index (κ1) is 22.3. The van der Waals surface area contributed by atoms with Crippen molar-refractivity contribution in [3.8, 4) is 11.5 Å². The summed E-state index contributed by atoms with van der Waals surface area (Å²) in [6.45, 7) is 4.48. The van der Waals surface area contributed by atoms with Crippen LogP contribution in [0.2, 0.25) is 0 Å². The zero-order chi connectivity index (χ0) is 21.7. The fourth-order valence-corrected chi connectivity index (χ4v) is 4.55. The number of ether oxygens (including phenoxy) is 2. The quantitative estimate of drug-likeness (QED) is 0.487. The second-order valence-corrected chi connectivity index (χ2v) is 8.81. The van der Waals surface area contributed by atoms with E-state index in [1.807, 2.05) is 18.2 Å². The number of thioether (sulfide) groups is 1. The van der Waals surface area contributed by atoms with Crippen molar-refractivity contribution in [2.75, 3.05) is 25.8 Å². The highest BCUT2D eigenvalue weighted by molar-refractivity contribution is 7.99. The summed E-state index contributed by atoms with van der Waals surface area (Å²) >= 11 is 1.30. The number of carbonyl (C=O) groups is 1. The Labute approximate surface area is 181 Å². The van der Waals surface area contributed by atoms with Crippen molar-refractivity contribution in [1.29, 1.82) is 0 Å². The number of benzene rings is 1. The average Bonchev–Trinajstić information content (AvgIpc) is 3.09. The van der Waals surface area contributed by atoms with Crippen molar-refractivity contribution >= 4 is 17.7 Å². The summed E-state index contributed by atoms with van der Waals surface area (Å²) in [5.41, 5.74) is 0.974. The normalized spacial score (nSPS) is 21.3. The first-order valence-corrected chi connectivity index (χ1v) is 11.2. The minimum atomic E-state index is 0.00962. The maximum absolute atomic E-state index is 12.4. The van der Waals surface area contributed by atoms with Crippen LogP contribution in [0.25, 0.3) is 0 Å². The molecule has 1 aromatic heterocycles. The molecule has 8 nitrogen and oxygen atoms in total. The van der Waals surface area contributed by atoms with Gasteiger partial charge in [0.2, 0.25) is 11.1 Å². The molecule has 9 heteroatoms. The number of nitrogen functional groups attached to an aromatic ring is 1. The van der Waals surface area contributed by atoms with Gasteiger partial charge >= 0.3 is 0 Å². The largest absolute Gasteiger partial charge is 0.493 e. The second-order valence-electron chi connectivity index (χ2n) is 7.86. The summed E-state index contributed by atoms with van der Waals surface area (Å²) in [7, 11) is 3.20. The minimum absolute atomic E-state index is 0.00962. The second kappa shape index (κ2) is 10.1. The van der Waals surface area contributed by atoms with Crippen LogP contribution in [0.3, 0.4) is 0 Å². The molecule has 1 fully saturated rings. The van der Waals surface area contributed by atoms with Gasteiger partial charge < -0.3 is 20.6 Å². The van der Waals surface area contributed by atoms with E-state index in [-0.39, 0.29) is 17.7 Å². The van der Waals surface area contributed by atoms with Gasteiger partial charge in [0.25, 0.3) is 0 Å². The molecule has 1 aliphatic carbocycles. The topological polar surface area (TPSA) is 104 Å². The molecule has 2 aromatic rings. The van der Waals surface area contributed by atoms with Gasteiger partial charge in [0, 0.05) is 12.5 Å². The van der Waals surface area contributed by atoms with Gasteiger partial charge in [0.15, 0.2) is 17.3 Å². The van der Waals surface area contributed by atoms with Crippen LogP contribution < -0.4 is 20.6 Å². The Morgan fingerprint density at radius 2 is 2.00 bits per heavy atom. The molecule has 0 spiro atoms. The van der Waals surface area contributed by atoms with Gasteiger partial charge in [-0.1, -0.05) is 44.5 Å². The van der Waals surface area contributed by atoms with Crippen molar-refractivity contribution in [3.05, 3.63) is 29.6 Å². The van der Waals surface area contributed by atoms with E-state index in [0.717, 1.165) is 12.0 Å². The molecule has 3 atom stereocenters. The van der Waals surface area contributed by atoms with Crippen LogP contribution in [-0.2, 0) is 11.2 Å². The Kier molecular flexibility index (Phi) is 7.47.